The van der Waals surface area contributed by atoms with Crippen molar-refractivity contribution >= 4 is 39.2 Å². The molecule has 2 N–H and O–H groups in total. The first-order valence-electron chi connectivity index (χ1n) is 2.24. The Hall–Kier alpha value is 2.42. The van der Waals surface area contributed by atoms with Gasteiger partial charge in [0, 0.05) is 27.3 Å². The van der Waals surface area contributed by atoms with E-state index < -0.39 is 24.1 Å². The number of hydrogen-bond donors (Lipinski definition) is 2. The minimum Gasteiger partial charge on any atom is -0.547 e. The van der Waals surface area contributed by atoms with Crippen LogP contribution in [0.2, 0.25) is 0 Å². The van der Waals surface area contributed by atoms with Gasteiger partial charge in [0.2, 0.25) is 0 Å². The summed E-state index contributed by atoms with van der Waals surface area (Å²) in [7, 11) is 0. The molecule has 0 saturated heterocycles. The molecule has 0 fully saturated rings. The van der Waals surface area contributed by atoms with E-state index in [0.29, 0.717) is 0 Å². The van der Waals surface area contributed by atoms with Crippen molar-refractivity contribution in [3.05, 3.63) is 0 Å². The molecule has 0 rings (SSSR count). The number of aliphatic carboxylic acids is 2. The van der Waals surface area contributed by atoms with Gasteiger partial charge in [-0.1, -0.05) is 0 Å². The third kappa shape index (κ3) is 10.7. The Kier molecular flexibility index (Phi) is 23.6. The molecule has 0 aliphatic rings. The quantitative estimate of drug-likeness (QED) is 0.440. The average molecular weight is 417 g/mol. The molecule has 0 heterocycles. The van der Waals surface area contributed by atoms with Gasteiger partial charge in [-0.2, -0.15) is 0 Å². The van der Waals surface area contributed by atoms with E-state index in [0.717, 1.165) is 0 Å². The molecule has 0 aromatic rings. The van der Waals surface area contributed by atoms with Crippen molar-refractivity contribution in [1.29, 1.82) is 0 Å². The first kappa shape index (κ1) is 24.6. The van der Waals surface area contributed by atoms with Gasteiger partial charge >= 0.3 is 80.9 Å². The molecule has 0 aliphatic heterocycles. The molecule has 6 nitrogen and oxygen atoms in total. The number of carbonyl (C=O) groups is 2. The molecule has 0 amide bonds. The van der Waals surface area contributed by atoms with Crippen LogP contribution in [-0.2, 0) is 9.59 Å². The molecule has 2 atom stereocenters. The van der Waals surface area contributed by atoms with E-state index in [-0.39, 0.29) is 108 Å². The summed E-state index contributed by atoms with van der Waals surface area (Å²) in [6, 6.07) is 0. The Morgan fingerprint density at radius 3 is 1.23 bits per heavy atom. The minimum absolute atomic E-state index is 0. The van der Waals surface area contributed by atoms with Gasteiger partial charge < -0.3 is 30.0 Å². The maximum atomic E-state index is 9.63. The van der Waals surface area contributed by atoms with Crippen LogP contribution in [0, 0.1) is 0 Å². The van der Waals surface area contributed by atoms with Crippen LogP contribution in [0.15, 0.2) is 0 Å². The number of rotatable bonds is 3. The normalized spacial score (nSPS) is 12.2. The van der Waals surface area contributed by atoms with Gasteiger partial charge in [-0.3, -0.25) is 0 Å². The van der Waals surface area contributed by atoms with Crippen LogP contribution in [0.4, 0.5) is 0 Å². The Morgan fingerprint density at radius 2 is 1.15 bits per heavy atom. The fourth-order valence-electron chi connectivity index (χ4n) is 0.258. The number of aliphatic hydroxyl groups excluding tert-OH is 2. The second-order valence-electron chi connectivity index (χ2n) is 1.53. The fraction of sp³-hybridized carbons (Fsp3) is 0.500. The van der Waals surface area contributed by atoms with E-state index in [1.54, 1.807) is 0 Å². The van der Waals surface area contributed by atoms with Gasteiger partial charge in [-0.25, -0.2) is 0 Å². The second-order valence-corrected chi connectivity index (χ2v) is 1.53. The predicted molar refractivity (Wildman–Crippen MR) is 27.8 cm³/mol. The van der Waals surface area contributed by atoms with Gasteiger partial charge in [-0.15, -0.1) is 0 Å². The average Bonchev–Trinajstić information content (AvgIpc) is 1.84. The SMILES string of the molecule is O=C([O-])C(O)C(O)C(=O)[O-].[K+].[Na+].[Pb]. The molecular weight excluding hydrogens is 413 g/mol. The van der Waals surface area contributed by atoms with Crippen LogP contribution >= 0.6 is 0 Å². The van der Waals surface area contributed by atoms with Gasteiger partial charge in [0.05, 0.1) is 11.9 Å². The Labute approximate surface area is 159 Å². The van der Waals surface area contributed by atoms with Crippen molar-refractivity contribution in [3.63, 3.8) is 0 Å². The number of carboxylic acid groups (broad SMARTS) is 2. The fourth-order valence-corrected chi connectivity index (χ4v) is 0.258. The smallest absolute Gasteiger partial charge is 0.547 e. The van der Waals surface area contributed by atoms with E-state index in [9.17, 15) is 19.8 Å². The summed E-state index contributed by atoms with van der Waals surface area (Å²) in [5, 5.41) is 35.7. The zero-order valence-corrected chi connectivity index (χ0v) is 16.2. The third-order valence-corrected chi connectivity index (χ3v) is 0.782. The molecule has 62 valence electrons. The molecule has 0 bridgehead atoms. The zero-order valence-electron chi connectivity index (χ0n) is 7.18. The Balaban J connectivity index is -0.000000135. The molecular formula is C4H4KNaO6Pb. The van der Waals surface area contributed by atoms with E-state index >= 15 is 0 Å². The van der Waals surface area contributed by atoms with Crippen molar-refractivity contribution < 1.29 is 111 Å². The standard InChI is InChI=1S/C4H6O6.K.Na.Pb/c5-1(3(7)8)2(6)4(9)10;;;/h1-2,5-6H,(H,7,8)(H,9,10);;;/q;2*+1;/p-2. The molecule has 13 heavy (non-hydrogen) atoms. The van der Waals surface area contributed by atoms with Gasteiger partial charge in [0.15, 0.2) is 0 Å². The molecule has 4 radical (unpaired) electrons. The van der Waals surface area contributed by atoms with Crippen LogP contribution in [0.1, 0.15) is 0 Å². The van der Waals surface area contributed by atoms with Crippen LogP contribution in [0.3, 0.4) is 0 Å². The van der Waals surface area contributed by atoms with Crippen molar-refractivity contribution in [2.75, 3.05) is 0 Å². The largest absolute Gasteiger partial charge is 1.00 e. The minimum atomic E-state index is -2.44. The van der Waals surface area contributed by atoms with Crippen LogP contribution < -0.4 is 91.2 Å². The topological polar surface area (TPSA) is 121 Å². The van der Waals surface area contributed by atoms with E-state index in [1.165, 1.54) is 0 Å². The molecule has 2 unspecified atom stereocenters. The van der Waals surface area contributed by atoms with E-state index in [4.69, 9.17) is 10.2 Å². The molecule has 0 spiro atoms. The zero-order chi connectivity index (χ0) is 8.31. The summed E-state index contributed by atoms with van der Waals surface area (Å²) in [5.74, 6) is -4.12. The van der Waals surface area contributed by atoms with Gasteiger partial charge in [0.25, 0.3) is 0 Å². The molecule has 0 aromatic heterocycles. The summed E-state index contributed by atoms with van der Waals surface area (Å²) in [6.45, 7) is 0. The van der Waals surface area contributed by atoms with Crippen LogP contribution in [-0.4, -0.2) is 61.7 Å². The first-order chi connectivity index (χ1) is 4.46. The van der Waals surface area contributed by atoms with Crippen molar-refractivity contribution in [2.45, 2.75) is 12.2 Å². The molecule has 0 aromatic carbocycles. The maximum absolute atomic E-state index is 9.63. The summed E-state index contributed by atoms with van der Waals surface area (Å²) >= 11 is 0. The summed E-state index contributed by atoms with van der Waals surface area (Å²) in [4.78, 5) is 19.3. The summed E-state index contributed by atoms with van der Waals surface area (Å²) in [5.41, 5.74) is 0. The molecule has 9 heteroatoms. The van der Waals surface area contributed by atoms with E-state index in [1.807, 2.05) is 0 Å². The van der Waals surface area contributed by atoms with Gasteiger partial charge in [0.1, 0.15) is 12.2 Å². The predicted octanol–water partition coefficient (Wildman–Crippen LogP) is -11.2. The third-order valence-electron chi connectivity index (χ3n) is 0.782. The number of carbonyl (C=O) groups excluding carboxylic acids is 2. The van der Waals surface area contributed by atoms with Crippen LogP contribution in [0.25, 0.3) is 0 Å². The second kappa shape index (κ2) is 12.5. The van der Waals surface area contributed by atoms with Crippen molar-refractivity contribution in [1.82, 2.24) is 0 Å². The molecule has 0 saturated carbocycles. The van der Waals surface area contributed by atoms with Gasteiger partial charge in [-0.05, 0) is 0 Å². The number of hydrogen-bond acceptors (Lipinski definition) is 6. The molecule has 0 aliphatic carbocycles. The van der Waals surface area contributed by atoms with E-state index in [2.05, 4.69) is 0 Å². The summed E-state index contributed by atoms with van der Waals surface area (Å²) in [6.07, 6.45) is -4.88. The Morgan fingerprint density at radius 1 is 1.00 bits per heavy atom. The van der Waals surface area contributed by atoms with Crippen molar-refractivity contribution in [3.8, 4) is 0 Å². The van der Waals surface area contributed by atoms with Crippen molar-refractivity contribution in [2.24, 2.45) is 0 Å². The van der Waals surface area contributed by atoms with Crippen LogP contribution in [0.5, 0.6) is 0 Å². The summed E-state index contributed by atoms with van der Waals surface area (Å²) < 4.78 is 0. The number of carboxylic acids is 2. The first-order valence-corrected chi connectivity index (χ1v) is 2.24. The number of aliphatic hydroxyl groups is 2. The monoisotopic (exact) mass is 418 g/mol. The Bertz CT molecular complexity index is 149. The maximum Gasteiger partial charge on any atom is 1.00 e.